The summed E-state index contributed by atoms with van der Waals surface area (Å²) in [4.78, 5) is 12.1. The second kappa shape index (κ2) is 9.49. The van der Waals surface area contributed by atoms with E-state index in [4.69, 9.17) is 0 Å². The van der Waals surface area contributed by atoms with Crippen LogP contribution in [0.1, 0.15) is 66.2 Å². The topological polar surface area (TPSA) is 17.1 Å². The van der Waals surface area contributed by atoms with Crippen LogP contribution in [0.3, 0.4) is 0 Å². The zero-order chi connectivity index (χ0) is 12.4. The van der Waals surface area contributed by atoms with Crippen molar-refractivity contribution in [1.29, 1.82) is 0 Å². The predicted molar refractivity (Wildman–Crippen MR) is 75.6 cm³/mol. The summed E-state index contributed by atoms with van der Waals surface area (Å²) in [5, 5.41) is 0. The van der Waals surface area contributed by atoms with Crippen molar-refractivity contribution in [1.82, 2.24) is 0 Å². The first-order valence-electron chi connectivity index (χ1n) is 7.14. The Bertz CT molecular complexity index is 167. The molecule has 0 saturated carbocycles. The number of hydrogen-bond acceptors (Lipinski definition) is 1. The molecule has 0 amide bonds. The van der Waals surface area contributed by atoms with Gasteiger partial charge in [-0.3, -0.25) is 0 Å². The molecule has 0 rings (SSSR count). The maximum atomic E-state index is 12.1. The standard InChI is InChI=1S/3C4H9.C2H3O.Sn/c3*1-3-4-2;1-2-3;/h3*1,3-4H2,2H3;1H3;. The molecule has 0 aromatic rings. The number of unbranched alkanes of at least 4 members (excludes halogenated alkanes) is 3. The van der Waals surface area contributed by atoms with E-state index in [9.17, 15) is 4.79 Å². The van der Waals surface area contributed by atoms with Crippen LogP contribution in [0.4, 0.5) is 0 Å². The Morgan fingerprint density at radius 3 is 1.31 bits per heavy atom. The first-order chi connectivity index (χ1) is 7.63. The summed E-state index contributed by atoms with van der Waals surface area (Å²) in [6.45, 7) is 8.64. The van der Waals surface area contributed by atoms with Crippen LogP contribution in [0.5, 0.6) is 0 Å². The van der Waals surface area contributed by atoms with Gasteiger partial charge in [0, 0.05) is 0 Å². The maximum absolute atomic E-state index is 12.1. The molecule has 0 heterocycles. The Balaban J connectivity index is 4.52. The number of carbonyl (C=O) groups excluding carboxylic acids is 1. The van der Waals surface area contributed by atoms with Crippen LogP contribution < -0.4 is 0 Å². The molecule has 16 heavy (non-hydrogen) atoms. The van der Waals surface area contributed by atoms with Crippen molar-refractivity contribution in [2.24, 2.45) is 0 Å². The molecule has 0 aliphatic heterocycles. The van der Waals surface area contributed by atoms with Gasteiger partial charge in [-0.2, -0.15) is 0 Å². The van der Waals surface area contributed by atoms with Crippen molar-refractivity contribution in [2.45, 2.75) is 79.5 Å². The molecule has 0 aromatic carbocycles. The van der Waals surface area contributed by atoms with E-state index < -0.39 is 18.4 Å². The van der Waals surface area contributed by atoms with E-state index in [2.05, 4.69) is 20.8 Å². The SMILES string of the molecule is CCC[CH2][Sn]([CH2]CCC)([CH2]CCC)[C](C)=O. The molecule has 0 aromatic heterocycles. The number of rotatable bonds is 10. The van der Waals surface area contributed by atoms with Crippen molar-refractivity contribution < 1.29 is 4.79 Å². The van der Waals surface area contributed by atoms with Gasteiger partial charge < -0.3 is 0 Å². The molecule has 0 aliphatic carbocycles. The van der Waals surface area contributed by atoms with E-state index in [-0.39, 0.29) is 0 Å². The van der Waals surface area contributed by atoms with E-state index >= 15 is 0 Å². The van der Waals surface area contributed by atoms with Crippen LogP contribution in [-0.4, -0.2) is 22.2 Å². The molecule has 0 atom stereocenters. The minimum atomic E-state index is -2.39. The van der Waals surface area contributed by atoms with E-state index in [0.29, 0.717) is 3.80 Å². The fourth-order valence-corrected chi connectivity index (χ4v) is 16.4. The molecule has 0 aliphatic rings. The summed E-state index contributed by atoms with van der Waals surface area (Å²) in [5.41, 5.74) is 0. The van der Waals surface area contributed by atoms with Gasteiger partial charge in [-0.05, 0) is 0 Å². The summed E-state index contributed by atoms with van der Waals surface area (Å²) in [5.74, 6) is 0. The predicted octanol–water partition coefficient (Wildman–Crippen LogP) is 4.96. The molecule has 0 spiro atoms. The number of carbonyl (C=O) groups is 1. The minimum absolute atomic E-state index is 0.643. The van der Waals surface area contributed by atoms with E-state index in [1.807, 2.05) is 6.92 Å². The third kappa shape index (κ3) is 5.69. The third-order valence-corrected chi connectivity index (χ3v) is 19.3. The van der Waals surface area contributed by atoms with Gasteiger partial charge in [-0.15, -0.1) is 0 Å². The molecule has 1 nitrogen and oxygen atoms in total. The second-order valence-electron chi connectivity index (χ2n) is 5.15. The summed E-state index contributed by atoms with van der Waals surface area (Å²) >= 11 is -2.39. The number of hydrogen-bond donors (Lipinski definition) is 0. The Labute approximate surface area is 106 Å². The van der Waals surface area contributed by atoms with Gasteiger partial charge in [0.15, 0.2) is 0 Å². The Morgan fingerprint density at radius 1 is 0.812 bits per heavy atom. The van der Waals surface area contributed by atoms with E-state index in [1.165, 1.54) is 51.8 Å². The van der Waals surface area contributed by atoms with Gasteiger partial charge in [-0.1, -0.05) is 0 Å². The van der Waals surface area contributed by atoms with Gasteiger partial charge in [0.25, 0.3) is 0 Å². The first-order valence-corrected chi connectivity index (χ1v) is 14.6. The molecule has 2 heteroatoms. The molecular weight excluding hydrogens is 303 g/mol. The Kier molecular flexibility index (Phi) is 9.77. The monoisotopic (exact) mass is 334 g/mol. The van der Waals surface area contributed by atoms with Gasteiger partial charge in [0.1, 0.15) is 0 Å². The van der Waals surface area contributed by atoms with Crippen LogP contribution in [0.15, 0.2) is 0 Å². The second-order valence-corrected chi connectivity index (χ2v) is 18.7. The molecule has 0 bridgehead atoms. The van der Waals surface area contributed by atoms with Crippen molar-refractivity contribution in [3.63, 3.8) is 0 Å². The Hall–Kier alpha value is 0.469. The molecule has 0 saturated heterocycles. The van der Waals surface area contributed by atoms with Crippen molar-refractivity contribution in [3.8, 4) is 0 Å². The molecular formula is C14H30OSn. The average molecular weight is 333 g/mol. The summed E-state index contributed by atoms with van der Waals surface area (Å²) in [6.07, 6.45) is 7.65. The van der Waals surface area contributed by atoms with Crippen LogP contribution in [0.25, 0.3) is 0 Å². The van der Waals surface area contributed by atoms with Crippen molar-refractivity contribution >= 4 is 22.2 Å². The third-order valence-electron chi connectivity index (χ3n) is 3.77. The van der Waals surface area contributed by atoms with Crippen molar-refractivity contribution in [2.75, 3.05) is 0 Å². The fraction of sp³-hybridized carbons (Fsp3) is 0.929. The zero-order valence-electron chi connectivity index (χ0n) is 11.8. The Morgan fingerprint density at radius 2 is 1.12 bits per heavy atom. The molecule has 96 valence electrons. The average Bonchev–Trinajstić information content (AvgIpc) is 2.28. The normalized spacial score (nSPS) is 11.8. The summed E-state index contributed by atoms with van der Waals surface area (Å²) in [6, 6.07) is 0. The van der Waals surface area contributed by atoms with Gasteiger partial charge in [-0.25, -0.2) is 0 Å². The molecule has 0 fully saturated rings. The van der Waals surface area contributed by atoms with Crippen LogP contribution in [0, 0.1) is 0 Å². The van der Waals surface area contributed by atoms with Gasteiger partial charge in [0.05, 0.1) is 0 Å². The van der Waals surface area contributed by atoms with E-state index in [0.717, 1.165) is 0 Å². The molecule has 0 radical (unpaired) electrons. The van der Waals surface area contributed by atoms with Crippen LogP contribution >= 0.6 is 0 Å². The van der Waals surface area contributed by atoms with Crippen LogP contribution in [-0.2, 0) is 4.79 Å². The van der Waals surface area contributed by atoms with E-state index in [1.54, 1.807) is 0 Å². The van der Waals surface area contributed by atoms with Crippen molar-refractivity contribution in [3.05, 3.63) is 0 Å². The molecule has 0 N–H and O–H groups in total. The van der Waals surface area contributed by atoms with Crippen LogP contribution in [0.2, 0.25) is 13.3 Å². The first kappa shape index (κ1) is 16.5. The zero-order valence-corrected chi connectivity index (χ0v) is 14.6. The summed E-state index contributed by atoms with van der Waals surface area (Å²) < 4.78 is 4.60. The quantitative estimate of drug-likeness (QED) is 0.516. The molecule has 0 unspecified atom stereocenters. The summed E-state index contributed by atoms with van der Waals surface area (Å²) in [7, 11) is 0. The fourth-order valence-electron chi connectivity index (χ4n) is 2.45. The van der Waals surface area contributed by atoms with Gasteiger partial charge in [0.2, 0.25) is 0 Å². The van der Waals surface area contributed by atoms with Gasteiger partial charge >= 0.3 is 107 Å².